The molecule has 4 nitrogen and oxygen atoms in total. The summed E-state index contributed by atoms with van der Waals surface area (Å²) in [5.41, 5.74) is 3.40. The molecule has 1 saturated heterocycles. The summed E-state index contributed by atoms with van der Waals surface area (Å²) in [6.45, 7) is 7.00. The maximum absolute atomic E-state index is 13.4. The van der Waals surface area contributed by atoms with Crippen molar-refractivity contribution >= 4 is 5.95 Å². The third-order valence-electron chi connectivity index (χ3n) is 5.36. The van der Waals surface area contributed by atoms with Gasteiger partial charge in [0.15, 0.2) is 0 Å². The van der Waals surface area contributed by atoms with Crippen molar-refractivity contribution in [3.05, 3.63) is 53.1 Å². The van der Waals surface area contributed by atoms with Gasteiger partial charge in [-0.2, -0.15) is 0 Å². The van der Waals surface area contributed by atoms with Gasteiger partial charge in [0.2, 0.25) is 5.95 Å². The van der Waals surface area contributed by atoms with Gasteiger partial charge in [0.25, 0.3) is 0 Å². The van der Waals surface area contributed by atoms with Crippen molar-refractivity contribution in [2.45, 2.75) is 39.3 Å². The lowest BCUT2D eigenvalue weighted by Gasteiger charge is -2.32. The largest absolute Gasteiger partial charge is 0.341 e. The topological polar surface area (TPSA) is 32.3 Å². The fraction of sp³-hybridized carbons (Fsp3) is 0.500. The second kappa shape index (κ2) is 7.08. The summed E-state index contributed by atoms with van der Waals surface area (Å²) in [6.07, 6.45) is 5.38. The zero-order valence-electron chi connectivity index (χ0n) is 14.8. The Morgan fingerprint density at radius 1 is 1.20 bits per heavy atom. The van der Waals surface area contributed by atoms with Gasteiger partial charge in [-0.3, -0.25) is 4.90 Å². The van der Waals surface area contributed by atoms with Crippen molar-refractivity contribution in [3.63, 3.8) is 0 Å². The first-order chi connectivity index (χ1) is 12.2. The molecule has 5 heteroatoms. The van der Waals surface area contributed by atoms with Gasteiger partial charge < -0.3 is 4.90 Å². The minimum atomic E-state index is -0.168. The molecule has 0 spiro atoms. The first-order valence-electron chi connectivity index (χ1n) is 9.24. The molecule has 2 aliphatic rings. The lowest BCUT2D eigenvalue weighted by Crippen LogP contribution is -2.35. The molecule has 25 heavy (non-hydrogen) atoms. The Kier molecular flexibility index (Phi) is 4.66. The van der Waals surface area contributed by atoms with Crippen molar-refractivity contribution < 1.29 is 4.39 Å². The van der Waals surface area contributed by atoms with Crippen LogP contribution in [0.1, 0.15) is 36.6 Å². The molecule has 1 aromatic heterocycles. The van der Waals surface area contributed by atoms with Crippen LogP contribution in [0.25, 0.3) is 0 Å². The number of anilines is 1. The van der Waals surface area contributed by atoms with E-state index in [4.69, 9.17) is 4.98 Å². The van der Waals surface area contributed by atoms with Crippen LogP contribution in [0.4, 0.5) is 10.3 Å². The smallest absolute Gasteiger partial charge is 0.225 e. The summed E-state index contributed by atoms with van der Waals surface area (Å²) in [6, 6.07) is 6.87. The fourth-order valence-corrected chi connectivity index (χ4v) is 3.75. The summed E-state index contributed by atoms with van der Waals surface area (Å²) in [7, 11) is 0. The lowest BCUT2D eigenvalue weighted by atomic mass is 9.99. The van der Waals surface area contributed by atoms with Crippen LogP contribution < -0.4 is 4.90 Å². The van der Waals surface area contributed by atoms with Crippen LogP contribution in [0, 0.1) is 11.7 Å². The molecule has 0 radical (unpaired) electrons. The number of rotatable bonds is 3. The number of halogens is 1. The van der Waals surface area contributed by atoms with Gasteiger partial charge >= 0.3 is 0 Å². The van der Waals surface area contributed by atoms with Crippen LogP contribution in [0.5, 0.6) is 0 Å². The Bertz CT molecular complexity index is 740. The Hall–Kier alpha value is -2.01. The summed E-state index contributed by atoms with van der Waals surface area (Å²) in [4.78, 5) is 14.1. The molecular weight excluding hydrogens is 315 g/mol. The first-order valence-corrected chi connectivity index (χ1v) is 9.24. The number of fused-ring (bicyclic) bond motifs is 1. The van der Waals surface area contributed by atoms with E-state index in [0.29, 0.717) is 0 Å². The fourth-order valence-electron chi connectivity index (χ4n) is 3.75. The number of hydrogen-bond donors (Lipinski definition) is 0. The molecule has 0 N–H and O–H groups in total. The van der Waals surface area contributed by atoms with Crippen molar-refractivity contribution in [2.75, 3.05) is 24.5 Å². The van der Waals surface area contributed by atoms with E-state index in [9.17, 15) is 4.39 Å². The minimum absolute atomic E-state index is 0.168. The van der Waals surface area contributed by atoms with E-state index in [0.717, 1.165) is 56.6 Å². The molecular formula is C20H25FN4. The van der Waals surface area contributed by atoms with Crippen molar-refractivity contribution in [1.29, 1.82) is 0 Å². The predicted molar refractivity (Wildman–Crippen MR) is 96.9 cm³/mol. The van der Waals surface area contributed by atoms with Crippen molar-refractivity contribution in [3.8, 4) is 0 Å². The first kappa shape index (κ1) is 16.5. The molecule has 0 amide bonds. The van der Waals surface area contributed by atoms with Gasteiger partial charge in [-0.25, -0.2) is 14.4 Å². The highest BCUT2D eigenvalue weighted by atomic mass is 19.1. The summed E-state index contributed by atoms with van der Waals surface area (Å²) < 4.78 is 13.4. The van der Waals surface area contributed by atoms with E-state index < -0.39 is 0 Å². The monoisotopic (exact) mass is 340 g/mol. The molecule has 0 aliphatic carbocycles. The quantitative estimate of drug-likeness (QED) is 0.857. The zero-order valence-corrected chi connectivity index (χ0v) is 14.8. The van der Waals surface area contributed by atoms with Crippen LogP contribution in [-0.4, -0.2) is 34.5 Å². The highest BCUT2D eigenvalue weighted by Gasteiger charge is 2.22. The van der Waals surface area contributed by atoms with Crippen LogP contribution in [0.2, 0.25) is 0 Å². The standard InChI is InChI=1S/C20H25FN4/c1-15-5-9-25(10-6-15)20-22-12-17-14-24(8-7-19(17)23-20)13-16-3-2-4-18(21)11-16/h2-4,11-12,15H,5-10,13-14H2,1H3. The number of benzene rings is 1. The van der Waals surface area contributed by atoms with Gasteiger partial charge in [-0.1, -0.05) is 19.1 Å². The van der Waals surface area contributed by atoms with E-state index in [2.05, 4.69) is 21.7 Å². The minimum Gasteiger partial charge on any atom is -0.341 e. The Balaban J connectivity index is 1.43. The summed E-state index contributed by atoms with van der Waals surface area (Å²) in [5, 5.41) is 0. The molecule has 4 rings (SSSR count). The number of hydrogen-bond acceptors (Lipinski definition) is 4. The van der Waals surface area contributed by atoms with E-state index in [1.165, 1.54) is 30.2 Å². The van der Waals surface area contributed by atoms with Crippen LogP contribution in [-0.2, 0) is 19.5 Å². The lowest BCUT2D eigenvalue weighted by molar-refractivity contribution is 0.242. The average molecular weight is 340 g/mol. The van der Waals surface area contributed by atoms with Gasteiger partial charge in [-0.15, -0.1) is 0 Å². The molecule has 132 valence electrons. The molecule has 2 aromatic rings. The molecule has 3 heterocycles. The number of piperidine rings is 1. The molecule has 0 bridgehead atoms. The highest BCUT2D eigenvalue weighted by molar-refractivity contribution is 5.34. The van der Waals surface area contributed by atoms with Gasteiger partial charge in [0.1, 0.15) is 5.82 Å². The molecule has 0 unspecified atom stereocenters. The van der Waals surface area contributed by atoms with E-state index in [-0.39, 0.29) is 5.82 Å². The van der Waals surface area contributed by atoms with Gasteiger partial charge in [0.05, 0.1) is 5.69 Å². The van der Waals surface area contributed by atoms with Crippen LogP contribution in [0.3, 0.4) is 0 Å². The Morgan fingerprint density at radius 3 is 2.84 bits per heavy atom. The third-order valence-corrected chi connectivity index (χ3v) is 5.36. The van der Waals surface area contributed by atoms with Crippen molar-refractivity contribution in [1.82, 2.24) is 14.9 Å². The molecule has 2 aliphatic heterocycles. The van der Waals surface area contributed by atoms with Gasteiger partial charge in [-0.05, 0) is 36.5 Å². The number of nitrogens with zero attached hydrogens (tertiary/aromatic N) is 4. The predicted octanol–water partition coefficient (Wildman–Crippen LogP) is 3.41. The van der Waals surface area contributed by atoms with Gasteiger partial charge in [0, 0.05) is 50.9 Å². The summed E-state index contributed by atoms with van der Waals surface area (Å²) >= 11 is 0. The maximum Gasteiger partial charge on any atom is 0.225 e. The summed E-state index contributed by atoms with van der Waals surface area (Å²) in [5.74, 6) is 1.54. The Labute approximate surface area is 148 Å². The second-order valence-electron chi connectivity index (χ2n) is 7.40. The highest BCUT2D eigenvalue weighted by Crippen LogP contribution is 2.24. The van der Waals surface area contributed by atoms with Crippen LogP contribution >= 0.6 is 0 Å². The molecule has 1 aromatic carbocycles. The van der Waals surface area contributed by atoms with E-state index in [1.54, 1.807) is 12.1 Å². The van der Waals surface area contributed by atoms with E-state index in [1.807, 2.05) is 12.3 Å². The molecule has 1 fully saturated rings. The van der Waals surface area contributed by atoms with E-state index >= 15 is 0 Å². The van der Waals surface area contributed by atoms with Crippen molar-refractivity contribution in [2.24, 2.45) is 5.92 Å². The molecule has 0 saturated carbocycles. The maximum atomic E-state index is 13.4. The Morgan fingerprint density at radius 2 is 2.04 bits per heavy atom. The SMILES string of the molecule is CC1CCN(c2ncc3c(n2)CCN(Cc2cccc(F)c2)C3)CC1. The van der Waals surface area contributed by atoms with Crippen LogP contribution in [0.15, 0.2) is 30.5 Å². The molecule has 0 atom stereocenters. The number of aromatic nitrogens is 2. The average Bonchev–Trinajstić information content (AvgIpc) is 2.62. The second-order valence-corrected chi connectivity index (χ2v) is 7.40. The zero-order chi connectivity index (χ0) is 17.2. The third kappa shape index (κ3) is 3.82. The normalized spacial score (nSPS) is 19.0.